The lowest BCUT2D eigenvalue weighted by Crippen LogP contribution is -2.40. The zero-order valence-corrected chi connectivity index (χ0v) is 9.83. The molecule has 1 heterocycles. The van der Waals surface area contributed by atoms with E-state index in [2.05, 4.69) is 4.90 Å². The van der Waals surface area contributed by atoms with Gasteiger partial charge in [0.05, 0.1) is 17.6 Å². The lowest BCUT2D eigenvalue weighted by atomic mass is 10.1. The van der Waals surface area contributed by atoms with E-state index in [1.807, 2.05) is 19.1 Å². The first kappa shape index (κ1) is 12.0. The molecule has 1 saturated heterocycles. The number of nitrogens with zero attached hydrogens (tertiary/aromatic N) is 2. The molecule has 5 heteroatoms. The Hall–Kier alpha value is -1.46. The van der Waals surface area contributed by atoms with Gasteiger partial charge < -0.3 is 4.74 Å². The predicted octanol–water partition coefficient (Wildman–Crippen LogP) is 1.82. The van der Waals surface area contributed by atoms with E-state index in [0.29, 0.717) is 13.2 Å². The number of para-hydroxylation sites is 1. The largest absolute Gasteiger partial charge is 0.376 e. The molecular weight excluding hydrogens is 220 g/mol. The molecule has 92 valence electrons. The van der Waals surface area contributed by atoms with E-state index in [0.717, 1.165) is 18.7 Å². The Morgan fingerprint density at radius 2 is 2.29 bits per heavy atom. The topological polar surface area (TPSA) is 55.6 Å². The highest BCUT2D eigenvalue weighted by Gasteiger charge is 2.20. The fraction of sp³-hybridized carbons (Fsp3) is 0.500. The fourth-order valence-corrected chi connectivity index (χ4v) is 2.10. The molecule has 1 aromatic carbocycles. The van der Waals surface area contributed by atoms with Crippen molar-refractivity contribution in [2.75, 3.05) is 19.7 Å². The van der Waals surface area contributed by atoms with E-state index >= 15 is 0 Å². The van der Waals surface area contributed by atoms with Crippen LogP contribution in [-0.4, -0.2) is 35.6 Å². The van der Waals surface area contributed by atoms with Crippen molar-refractivity contribution in [3.05, 3.63) is 39.9 Å². The molecule has 0 N–H and O–H groups in total. The van der Waals surface area contributed by atoms with Crippen molar-refractivity contribution in [3.63, 3.8) is 0 Å². The van der Waals surface area contributed by atoms with Gasteiger partial charge in [-0.1, -0.05) is 18.2 Å². The molecule has 1 fully saturated rings. The van der Waals surface area contributed by atoms with Crippen LogP contribution >= 0.6 is 0 Å². The van der Waals surface area contributed by atoms with Crippen molar-refractivity contribution in [1.29, 1.82) is 0 Å². The van der Waals surface area contributed by atoms with E-state index in [1.165, 1.54) is 0 Å². The zero-order valence-electron chi connectivity index (χ0n) is 9.83. The van der Waals surface area contributed by atoms with E-state index in [1.54, 1.807) is 12.1 Å². The van der Waals surface area contributed by atoms with Gasteiger partial charge in [-0.3, -0.25) is 15.0 Å². The van der Waals surface area contributed by atoms with Gasteiger partial charge in [0.2, 0.25) is 0 Å². The van der Waals surface area contributed by atoms with Crippen LogP contribution in [0.3, 0.4) is 0 Å². The summed E-state index contributed by atoms with van der Waals surface area (Å²) in [6, 6.07) is 6.91. The molecule has 5 nitrogen and oxygen atoms in total. The van der Waals surface area contributed by atoms with Gasteiger partial charge in [-0.2, -0.15) is 0 Å². The zero-order chi connectivity index (χ0) is 12.3. The molecule has 0 spiro atoms. The molecule has 1 aromatic rings. The van der Waals surface area contributed by atoms with E-state index in [-0.39, 0.29) is 16.7 Å². The molecule has 1 unspecified atom stereocenters. The van der Waals surface area contributed by atoms with Gasteiger partial charge in [0, 0.05) is 31.3 Å². The van der Waals surface area contributed by atoms with Gasteiger partial charge >= 0.3 is 0 Å². The van der Waals surface area contributed by atoms with Crippen LogP contribution in [0.4, 0.5) is 5.69 Å². The molecule has 0 saturated carbocycles. The van der Waals surface area contributed by atoms with Gasteiger partial charge in [0.1, 0.15) is 0 Å². The smallest absolute Gasteiger partial charge is 0.273 e. The SMILES string of the molecule is CC1CN(Cc2ccccc2[N+](=O)[O-])CCO1. The maximum Gasteiger partial charge on any atom is 0.273 e. The molecule has 0 aliphatic carbocycles. The minimum atomic E-state index is -0.320. The maximum atomic E-state index is 10.9. The Bertz CT molecular complexity index is 408. The number of benzene rings is 1. The number of nitro groups is 1. The normalized spacial score (nSPS) is 21.4. The third-order valence-electron chi connectivity index (χ3n) is 2.91. The van der Waals surface area contributed by atoms with Crippen LogP contribution in [-0.2, 0) is 11.3 Å². The monoisotopic (exact) mass is 236 g/mol. The molecule has 0 radical (unpaired) electrons. The number of hydrogen-bond donors (Lipinski definition) is 0. The van der Waals surface area contributed by atoms with Crippen molar-refractivity contribution >= 4 is 5.69 Å². The highest BCUT2D eigenvalue weighted by Crippen LogP contribution is 2.20. The van der Waals surface area contributed by atoms with Gasteiger partial charge in [0.15, 0.2) is 0 Å². The molecule has 0 aromatic heterocycles. The summed E-state index contributed by atoms with van der Waals surface area (Å²) in [5, 5.41) is 10.9. The Morgan fingerprint density at radius 3 is 3.00 bits per heavy atom. The van der Waals surface area contributed by atoms with Crippen molar-refractivity contribution in [2.45, 2.75) is 19.6 Å². The summed E-state index contributed by atoms with van der Waals surface area (Å²) in [6.45, 7) is 4.99. The molecule has 2 rings (SSSR count). The number of ether oxygens (including phenoxy) is 1. The summed E-state index contributed by atoms with van der Waals surface area (Å²) in [5.41, 5.74) is 0.971. The Morgan fingerprint density at radius 1 is 1.53 bits per heavy atom. The highest BCUT2D eigenvalue weighted by atomic mass is 16.6. The van der Waals surface area contributed by atoms with Crippen LogP contribution in [0.1, 0.15) is 12.5 Å². The quantitative estimate of drug-likeness (QED) is 0.593. The van der Waals surface area contributed by atoms with Crippen molar-refractivity contribution < 1.29 is 9.66 Å². The number of morpholine rings is 1. The highest BCUT2D eigenvalue weighted by molar-refractivity contribution is 5.39. The lowest BCUT2D eigenvalue weighted by Gasteiger charge is -2.30. The minimum absolute atomic E-state index is 0.200. The fourth-order valence-electron chi connectivity index (χ4n) is 2.10. The van der Waals surface area contributed by atoms with Crippen molar-refractivity contribution in [1.82, 2.24) is 4.90 Å². The summed E-state index contributed by atoms with van der Waals surface area (Å²) in [6.07, 6.45) is 0.200. The van der Waals surface area contributed by atoms with Crippen LogP contribution in [0, 0.1) is 10.1 Å². The molecule has 1 aliphatic rings. The maximum absolute atomic E-state index is 10.9. The van der Waals surface area contributed by atoms with Crippen LogP contribution in [0.2, 0.25) is 0 Å². The Kier molecular flexibility index (Phi) is 3.71. The van der Waals surface area contributed by atoms with Crippen LogP contribution in [0.15, 0.2) is 24.3 Å². The van der Waals surface area contributed by atoms with Gasteiger partial charge in [0.25, 0.3) is 5.69 Å². The van der Waals surface area contributed by atoms with Gasteiger partial charge in [-0.15, -0.1) is 0 Å². The minimum Gasteiger partial charge on any atom is -0.376 e. The molecule has 1 atom stereocenters. The van der Waals surface area contributed by atoms with Crippen LogP contribution in [0.25, 0.3) is 0 Å². The Balaban J connectivity index is 2.10. The number of rotatable bonds is 3. The third kappa shape index (κ3) is 3.01. The average molecular weight is 236 g/mol. The molecule has 1 aliphatic heterocycles. The second kappa shape index (κ2) is 5.25. The summed E-state index contributed by atoms with van der Waals surface area (Å²) >= 11 is 0. The molecule has 17 heavy (non-hydrogen) atoms. The summed E-state index contributed by atoms with van der Waals surface area (Å²) in [7, 11) is 0. The van der Waals surface area contributed by atoms with Crippen LogP contribution < -0.4 is 0 Å². The molecule has 0 bridgehead atoms. The first-order valence-corrected chi connectivity index (χ1v) is 5.73. The second-order valence-electron chi connectivity index (χ2n) is 4.30. The third-order valence-corrected chi connectivity index (χ3v) is 2.91. The second-order valence-corrected chi connectivity index (χ2v) is 4.30. The van der Waals surface area contributed by atoms with E-state index in [9.17, 15) is 10.1 Å². The summed E-state index contributed by atoms with van der Waals surface area (Å²) in [5.74, 6) is 0. The van der Waals surface area contributed by atoms with Crippen LogP contribution in [0.5, 0.6) is 0 Å². The average Bonchev–Trinajstić information content (AvgIpc) is 2.29. The van der Waals surface area contributed by atoms with E-state index < -0.39 is 0 Å². The van der Waals surface area contributed by atoms with Gasteiger partial charge in [-0.05, 0) is 6.92 Å². The summed E-state index contributed by atoms with van der Waals surface area (Å²) in [4.78, 5) is 12.8. The standard InChI is InChI=1S/C12H16N2O3/c1-10-8-13(6-7-17-10)9-11-4-2-3-5-12(11)14(15)16/h2-5,10H,6-9H2,1H3. The predicted molar refractivity (Wildman–Crippen MR) is 63.8 cm³/mol. The van der Waals surface area contributed by atoms with E-state index in [4.69, 9.17) is 4.74 Å². The first-order valence-electron chi connectivity index (χ1n) is 5.73. The number of nitro benzene ring substituents is 1. The van der Waals surface area contributed by atoms with Crippen molar-refractivity contribution in [3.8, 4) is 0 Å². The first-order chi connectivity index (χ1) is 8.16. The summed E-state index contributed by atoms with van der Waals surface area (Å²) < 4.78 is 5.45. The molecule has 0 amide bonds. The van der Waals surface area contributed by atoms with Crippen molar-refractivity contribution in [2.24, 2.45) is 0 Å². The molecular formula is C12H16N2O3. The van der Waals surface area contributed by atoms with Gasteiger partial charge in [-0.25, -0.2) is 0 Å². The lowest BCUT2D eigenvalue weighted by molar-refractivity contribution is -0.385. The number of hydrogen-bond acceptors (Lipinski definition) is 4. The Labute approximate surface area is 100 Å².